The molecular weight excluding hydrogens is 320 g/mol. The van der Waals surface area contributed by atoms with Gasteiger partial charge in [0.15, 0.2) is 0 Å². The molecule has 26 heavy (non-hydrogen) atoms. The minimum absolute atomic E-state index is 0.246. The minimum atomic E-state index is -0.309. The number of carbonyl (C=O) groups excluding carboxylic acids is 1. The molecular formula is C23H34N2O. The first kappa shape index (κ1) is 18.0. The van der Waals surface area contributed by atoms with Gasteiger partial charge >= 0.3 is 0 Å². The Balaban J connectivity index is 1.36. The van der Waals surface area contributed by atoms with Crippen molar-refractivity contribution in [2.45, 2.75) is 65.2 Å². The van der Waals surface area contributed by atoms with Crippen molar-refractivity contribution in [3.63, 3.8) is 0 Å². The van der Waals surface area contributed by atoms with Crippen molar-refractivity contribution in [3.8, 4) is 0 Å². The maximum Gasteiger partial charge on any atom is 0.232 e. The van der Waals surface area contributed by atoms with Crippen molar-refractivity contribution >= 4 is 11.6 Å². The van der Waals surface area contributed by atoms with Crippen molar-refractivity contribution in [1.29, 1.82) is 0 Å². The van der Waals surface area contributed by atoms with Gasteiger partial charge in [0.1, 0.15) is 0 Å². The zero-order valence-corrected chi connectivity index (χ0v) is 16.7. The number of hydrogen-bond acceptors (Lipinski definition) is 2. The molecule has 1 N–H and O–H groups in total. The van der Waals surface area contributed by atoms with E-state index in [9.17, 15) is 4.79 Å². The number of rotatable bonds is 4. The highest BCUT2D eigenvalue weighted by Crippen LogP contribution is 2.51. The second-order valence-electron chi connectivity index (χ2n) is 9.72. The van der Waals surface area contributed by atoms with Gasteiger partial charge in [-0.3, -0.25) is 4.79 Å². The molecule has 2 heterocycles. The molecule has 0 aromatic heterocycles. The first-order valence-corrected chi connectivity index (χ1v) is 10.6. The fourth-order valence-electron chi connectivity index (χ4n) is 4.86. The number of benzene rings is 1. The Bertz CT molecular complexity index is 669. The van der Waals surface area contributed by atoms with Gasteiger partial charge in [0, 0.05) is 17.6 Å². The number of fused-ring (bicyclic) bond motifs is 1. The smallest absolute Gasteiger partial charge is 0.232 e. The Kier molecular flexibility index (Phi) is 4.85. The molecule has 2 atom stereocenters. The van der Waals surface area contributed by atoms with E-state index >= 15 is 0 Å². The van der Waals surface area contributed by atoms with Crippen LogP contribution < -0.4 is 10.2 Å². The van der Waals surface area contributed by atoms with Gasteiger partial charge in [-0.25, -0.2) is 0 Å². The summed E-state index contributed by atoms with van der Waals surface area (Å²) in [6, 6.07) is 6.91. The van der Waals surface area contributed by atoms with Crippen molar-refractivity contribution < 1.29 is 4.79 Å². The van der Waals surface area contributed by atoms with Gasteiger partial charge in [-0.1, -0.05) is 39.3 Å². The van der Waals surface area contributed by atoms with Crippen molar-refractivity contribution in [3.05, 3.63) is 29.3 Å². The van der Waals surface area contributed by atoms with E-state index in [-0.39, 0.29) is 11.3 Å². The minimum Gasteiger partial charge on any atom is -0.317 e. The zero-order chi connectivity index (χ0) is 18.3. The third-order valence-electron chi connectivity index (χ3n) is 6.64. The standard InChI is InChI=1S/C23H34N2O/c1-23(2,3)22(26)25-13-10-19-14-17(6-7-21(19)25)20-15-18(20)5-4-16-8-11-24-12-9-16/h6-7,14,16,18,20,24H,4-5,8-13,15H2,1-3H3. The first-order chi connectivity index (χ1) is 12.4. The van der Waals surface area contributed by atoms with E-state index < -0.39 is 0 Å². The quantitative estimate of drug-likeness (QED) is 0.863. The Morgan fingerprint density at radius 1 is 1.19 bits per heavy atom. The van der Waals surface area contributed by atoms with Crippen molar-refractivity contribution in [2.75, 3.05) is 24.5 Å². The van der Waals surface area contributed by atoms with E-state index in [0.717, 1.165) is 36.4 Å². The molecule has 1 aliphatic carbocycles. The third kappa shape index (κ3) is 3.69. The van der Waals surface area contributed by atoms with E-state index in [1.807, 2.05) is 25.7 Å². The normalized spacial score (nSPS) is 26.0. The van der Waals surface area contributed by atoms with Crippen LogP contribution in [0.25, 0.3) is 0 Å². The van der Waals surface area contributed by atoms with E-state index in [4.69, 9.17) is 0 Å². The van der Waals surface area contributed by atoms with Gasteiger partial charge in [0.25, 0.3) is 0 Å². The molecule has 3 heteroatoms. The average Bonchev–Trinajstić information content (AvgIpc) is 3.29. The predicted molar refractivity (Wildman–Crippen MR) is 108 cm³/mol. The number of anilines is 1. The number of piperidine rings is 1. The van der Waals surface area contributed by atoms with E-state index in [1.54, 1.807) is 0 Å². The molecule has 0 bridgehead atoms. The zero-order valence-electron chi connectivity index (χ0n) is 16.7. The van der Waals surface area contributed by atoms with Gasteiger partial charge < -0.3 is 10.2 Å². The van der Waals surface area contributed by atoms with Crippen molar-refractivity contribution in [1.82, 2.24) is 5.32 Å². The molecule has 0 spiro atoms. The summed E-state index contributed by atoms with van der Waals surface area (Å²) in [7, 11) is 0. The summed E-state index contributed by atoms with van der Waals surface area (Å²) in [5, 5.41) is 3.47. The number of amides is 1. The topological polar surface area (TPSA) is 32.3 Å². The van der Waals surface area contributed by atoms with Crippen LogP contribution in [0.2, 0.25) is 0 Å². The van der Waals surface area contributed by atoms with Crippen LogP contribution in [0.3, 0.4) is 0 Å². The lowest BCUT2D eigenvalue weighted by atomic mass is 9.91. The van der Waals surface area contributed by atoms with Crippen LogP contribution in [0.5, 0.6) is 0 Å². The molecule has 1 aromatic carbocycles. The molecule has 1 saturated heterocycles. The molecule has 4 rings (SSSR count). The Morgan fingerprint density at radius 2 is 1.96 bits per heavy atom. The highest BCUT2D eigenvalue weighted by atomic mass is 16.2. The van der Waals surface area contributed by atoms with Crippen LogP contribution in [0.15, 0.2) is 18.2 Å². The van der Waals surface area contributed by atoms with Crippen LogP contribution in [-0.4, -0.2) is 25.5 Å². The monoisotopic (exact) mass is 354 g/mol. The fraction of sp³-hybridized carbons (Fsp3) is 0.696. The molecule has 142 valence electrons. The largest absolute Gasteiger partial charge is 0.317 e. The van der Waals surface area contributed by atoms with E-state index in [2.05, 4.69) is 23.5 Å². The highest BCUT2D eigenvalue weighted by Gasteiger charge is 2.39. The maximum absolute atomic E-state index is 12.7. The third-order valence-corrected chi connectivity index (χ3v) is 6.64. The number of nitrogens with one attached hydrogen (secondary N) is 1. The molecule has 1 aromatic rings. The maximum atomic E-state index is 12.7. The number of nitrogens with zero attached hydrogens (tertiary/aromatic N) is 1. The SMILES string of the molecule is CC(C)(C)C(=O)N1CCc2cc(C3CC3CCC3CCNCC3)ccc21. The molecule has 1 amide bonds. The average molecular weight is 355 g/mol. The van der Waals surface area contributed by atoms with Gasteiger partial charge in [-0.2, -0.15) is 0 Å². The number of hydrogen-bond donors (Lipinski definition) is 1. The molecule has 3 aliphatic rings. The lowest BCUT2D eigenvalue weighted by molar-refractivity contribution is -0.125. The second kappa shape index (κ2) is 6.99. The fourth-order valence-corrected chi connectivity index (χ4v) is 4.86. The predicted octanol–water partition coefficient (Wildman–Crippen LogP) is 4.51. The van der Waals surface area contributed by atoms with Gasteiger partial charge in [-0.15, -0.1) is 0 Å². The van der Waals surface area contributed by atoms with Crippen LogP contribution in [0.4, 0.5) is 5.69 Å². The molecule has 1 saturated carbocycles. The van der Waals surface area contributed by atoms with Crippen molar-refractivity contribution in [2.24, 2.45) is 17.3 Å². The van der Waals surface area contributed by atoms with E-state index in [0.29, 0.717) is 0 Å². The van der Waals surface area contributed by atoms with Gasteiger partial charge in [-0.05, 0) is 80.1 Å². The lowest BCUT2D eigenvalue weighted by Crippen LogP contribution is -2.38. The summed E-state index contributed by atoms with van der Waals surface area (Å²) in [5.74, 6) is 2.87. The van der Waals surface area contributed by atoms with Crippen LogP contribution in [-0.2, 0) is 11.2 Å². The summed E-state index contributed by atoms with van der Waals surface area (Å²) in [6.45, 7) is 9.32. The molecule has 0 radical (unpaired) electrons. The summed E-state index contributed by atoms with van der Waals surface area (Å²) in [5.41, 5.74) is 3.74. The summed E-state index contributed by atoms with van der Waals surface area (Å²) < 4.78 is 0. The Hall–Kier alpha value is -1.35. The van der Waals surface area contributed by atoms with E-state index in [1.165, 1.54) is 56.3 Å². The summed E-state index contributed by atoms with van der Waals surface area (Å²) >= 11 is 0. The van der Waals surface area contributed by atoms with Crippen LogP contribution in [0.1, 0.15) is 69.9 Å². The summed E-state index contributed by atoms with van der Waals surface area (Å²) in [4.78, 5) is 14.7. The van der Waals surface area contributed by atoms with Gasteiger partial charge in [0.2, 0.25) is 5.91 Å². The summed E-state index contributed by atoms with van der Waals surface area (Å²) in [6.07, 6.45) is 7.94. The Labute approximate surface area is 158 Å². The molecule has 2 unspecified atom stereocenters. The highest BCUT2D eigenvalue weighted by molar-refractivity contribution is 5.98. The molecule has 2 fully saturated rings. The molecule has 3 nitrogen and oxygen atoms in total. The Morgan fingerprint density at radius 3 is 2.69 bits per heavy atom. The van der Waals surface area contributed by atoms with Gasteiger partial charge in [0.05, 0.1) is 0 Å². The second-order valence-corrected chi connectivity index (χ2v) is 9.72. The lowest BCUT2D eigenvalue weighted by Gasteiger charge is -2.26. The van der Waals surface area contributed by atoms with Crippen LogP contribution >= 0.6 is 0 Å². The number of carbonyl (C=O) groups is 1. The van der Waals surface area contributed by atoms with Crippen LogP contribution in [0, 0.1) is 17.3 Å². The molecule has 2 aliphatic heterocycles. The first-order valence-electron chi connectivity index (χ1n) is 10.6.